The first-order valence-electron chi connectivity index (χ1n) is 6.70. The standard InChI is InChI=1S/C16H20ClN3/c1-12(18)8-14-5-6-15(17)9-16(14)20(2)11-13-4-3-7-19-10-13/h3-7,9-10,12H,8,11,18H2,1-2H3. The number of hydrogen-bond acceptors (Lipinski definition) is 3. The van der Waals surface area contributed by atoms with Crippen molar-refractivity contribution in [3.8, 4) is 0 Å². The molecule has 0 radical (unpaired) electrons. The highest BCUT2D eigenvalue weighted by atomic mass is 35.5. The van der Waals surface area contributed by atoms with Gasteiger partial charge in [0.15, 0.2) is 0 Å². The summed E-state index contributed by atoms with van der Waals surface area (Å²) in [5.41, 5.74) is 9.43. The molecule has 2 aromatic rings. The molecule has 3 nitrogen and oxygen atoms in total. The molecule has 0 aliphatic rings. The molecule has 0 fully saturated rings. The van der Waals surface area contributed by atoms with Crippen LogP contribution in [0.15, 0.2) is 42.7 Å². The van der Waals surface area contributed by atoms with Crippen molar-refractivity contribution >= 4 is 17.3 Å². The van der Waals surface area contributed by atoms with Crippen LogP contribution in [0.4, 0.5) is 5.69 Å². The summed E-state index contributed by atoms with van der Waals surface area (Å²) in [5.74, 6) is 0. The predicted molar refractivity (Wildman–Crippen MR) is 85.1 cm³/mol. The first kappa shape index (κ1) is 14.8. The van der Waals surface area contributed by atoms with Gasteiger partial charge in [0, 0.05) is 42.7 Å². The van der Waals surface area contributed by atoms with Gasteiger partial charge in [-0.25, -0.2) is 0 Å². The highest BCUT2D eigenvalue weighted by molar-refractivity contribution is 6.30. The zero-order valence-electron chi connectivity index (χ0n) is 11.9. The molecule has 106 valence electrons. The van der Waals surface area contributed by atoms with Crippen LogP contribution in [0, 0.1) is 0 Å². The van der Waals surface area contributed by atoms with Crippen molar-refractivity contribution in [3.05, 3.63) is 58.9 Å². The van der Waals surface area contributed by atoms with Crippen LogP contribution in [-0.2, 0) is 13.0 Å². The molecule has 2 rings (SSSR count). The van der Waals surface area contributed by atoms with E-state index in [0.717, 1.165) is 23.7 Å². The minimum atomic E-state index is 0.127. The summed E-state index contributed by atoms with van der Waals surface area (Å²) in [6.45, 7) is 2.81. The molecular weight excluding hydrogens is 270 g/mol. The minimum absolute atomic E-state index is 0.127. The summed E-state index contributed by atoms with van der Waals surface area (Å²) in [4.78, 5) is 6.33. The van der Waals surface area contributed by atoms with E-state index in [4.69, 9.17) is 17.3 Å². The molecule has 1 aromatic carbocycles. The van der Waals surface area contributed by atoms with Crippen LogP contribution in [0.3, 0.4) is 0 Å². The zero-order valence-corrected chi connectivity index (χ0v) is 12.6. The topological polar surface area (TPSA) is 42.1 Å². The summed E-state index contributed by atoms with van der Waals surface area (Å²) < 4.78 is 0. The fourth-order valence-electron chi connectivity index (χ4n) is 2.26. The van der Waals surface area contributed by atoms with Gasteiger partial charge in [0.1, 0.15) is 0 Å². The Labute approximate surface area is 125 Å². The molecule has 0 saturated carbocycles. The van der Waals surface area contributed by atoms with Gasteiger partial charge in [-0.1, -0.05) is 23.7 Å². The molecule has 1 heterocycles. The maximum Gasteiger partial charge on any atom is 0.0441 e. The third-order valence-corrected chi connectivity index (χ3v) is 3.38. The molecule has 0 bridgehead atoms. The minimum Gasteiger partial charge on any atom is -0.370 e. The number of aromatic nitrogens is 1. The number of nitrogens with zero attached hydrogens (tertiary/aromatic N) is 2. The number of hydrogen-bond donors (Lipinski definition) is 1. The van der Waals surface area contributed by atoms with E-state index in [9.17, 15) is 0 Å². The third kappa shape index (κ3) is 3.95. The van der Waals surface area contributed by atoms with E-state index in [0.29, 0.717) is 0 Å². The zero-order chi connectivity index (χ0) is 14.5. The molecule has 1 unspecified atom stereocenters. The number of nitrogens with two attached hydrogens (primary N) is 1. The summed E-state index contributed by atoms with van der Waals surface area (Å²) >= 11 is 6.13. The summed E-state index contributed by atoms with van der Waals surface area (Å²) in [6, 6.07) is 10.1. The van der Waals surface area contributed by atoms with Crippen molar-refractivity contribution in [2.24, 2.45) is 5.73 Å². The van der Waals surface area contributed by atoms with Crippen LogP contribution in [0.2, 0.25) is 5.02 Å². The maximum absolute atomic E-state index is 6.13. The van der Waals surface area contributed by atoms with Crippen LogP contribution in [0.5, 0.6) is 0 Å². The van der Waals surface area contributed by atoms with E-state index in [1.165, 1.54) is 11.1 Å². The third-order valence-electron chi connectivity index (χ3n) is 3.14. The van der Waals surface area contributed by atoms with E-state index < -0.39 is 0 Å². The van der Waals surface area contributed by atoms with Crippen molar-refractivity contribution in [3.63, 3.8) is 0 Å². The molecule has 1 atom stereocenters. The molecule has 0 amide bonds. The van der Waals surface area contributed by atoms with Crippen molar-refractivity contribution < 1.29 is 0 Å². The van der Waals surface area contributed by atoms with Gasteiger partial charge in [0.2, 0.25) is 0 Å². The first-order chi connectivity index (χ1) is 9.56. The van der Waals surface area contributed by atoms with Gasteiger partial charge in [0.05, 0.1) is 0 Å². The van der Waals surface area contributed by atoms with Crippen LogP contribution in [-0.4, -0.2) is 18.1 Å². The van der Waals surface area contributed by atoms with Crippen LogP contribution < -0.4 is 10.6 Å². The van der Waals surface area contributed by atoms with Crippen molar-refractivity contribution in [2.75, 3.05) is 11.9 Å². The second-order valence-corrected chi connectivity index (χ2v) is 5.61. The Hall–Kier alpha value is -1.58. The van der Waals surface area contributed by atoms with E-state index in [-0.39, 0.29) is 6.04 Å². The van der Waals surface area contributed by atoms with Crippen molar-refractivity contribution in [1.82, 2.24) is 4.98 Å². The Morgan fingerprint density at radius 2 is 2.15 bits per heavy atom. The van der Waals surface area contributed by atoms with Gasteiger partial charge in [0.25, 0.3) is 0 Å². The molecule has 0 aliphatic heterocycles. The van der Waals surface area contributed by atoms with E-state index in [1.54, 1.807) is 6.20 Å². The van der Waals surface area contributed by atoms with Gasteiger partial charge >= 0.3 is 0 Å². The molecule has 0 saturated heterocycles. The van der Waals surface area contributed by atoms with Gasteiger partial charge in [-0.05, 0) is 42.7 Å². The fourth-order valence-corrected chi connectivity index (χ4v) is 2.43. The number of pyridine rings is 1. The average molecular weight is 290 g/mol. The highest BCUT2D eigenvalue weighted by Crippen LogP contribution is 2.26. The molecule has 0 aliphatic carbocycles. The maximum atomic E-state index is 6.13. The van der Waals surface area contributed by atoms with E-state index in [1.807, 2.05) is 31.3 Å². The number of anilines is 1. The summed E-state index contributed by atoms with van der Waals surface area (Å²) in [5, 5.41) is 0.742. The average Bonchev–Trinajstić information content (AvgIpc) is 2.41. The lowest BCUT2D eigenvalue weighted by atomic mass is 10.0. The molecule has 20 heavy (non-hydrogen) atoms. The Morgan fingerprint density at radius 1 is 1.35 bits per heavy atom. The van der Waals surface area contributed by atoms with Gasteiger partial charge < -0.3 is 10.6 Å². The lowest BCUT2D eigenvalue weighted by molar-refractivity contribution is 0.734. The SMILES string of the molecule is CC(N)Cc1ccc(Cl)cc1N(C)Cc1cccnc1. The number of rotatable bonds is 5. The van der Waals surface area contributed by atoms with Crippen LogP contribution in [0.1, 0.15) is 18.1 Å². The van der Waals surface area contributed by atoms with Crippen molar-refractivity contribution in [2.45, 2.75) is 25.9 Å². The quantitative estimate of drug-likeness (QED) is 0.919. The predicted octanol–water partition coefficient (Wildman–Crippen LogP) is 3.26. The van der Waals surface area contributed by atoms with E-state index in [2.05, 4.69) is 29.1 Å². The Bertz CT molecular complexity index is 555. The summed E-state index contributed by atoms with van der Waals surface area (Å²) in [7, 11) is 2.06. The molecule has 0 spiro atoms. The number of halogens is 1. The smallest absolute Gasteiger partial charge is 0.0441 e. The number of benzene rings is 1. The summed E-state index contributed by atoms with van der Waals surface area (Å²) in [6.07, 6.45) is 4.50. The highest BCUT2D eigenvalue weighted by Gasteiger charge is 2.10. The Kier molecular flexibility index (Phi) is 4.99. The molecule has 2 N–H and O–H groups in total. The Balaban J connectivity index is 2.23. The monoisotopic (exact) mass is 289 g/mol. The Morgan fingerprint density at radius 3 is 2.80 bits per heavy atom. The van der Waals surface area contributed by atoms with Gasteiger partial charge in [-0.3, -0.25) is 4.98 Å². The first-order valence-corrected chi connectivity index (χ1v) is 7.08. The normalized spacial score (nSPS) is 12.2. The van der Waals surface area contributed by atoms with Crippen molar-refractivity contribution in [1.29, 1.82) is 0 Å². The second-order valence-electron chi connectivity index (χ2n) is 5.17. The second kappa shape index (κ2) is 6.73. The molecule has 1 aromatic heterocycles. The van der Waals surface area contributed by atoms with Crippen LogP contribution >= 0.6 is 11.6 Å². The largest absolute Gasteiger partial charge is 0.370 e. The molecule has 4 heteroatoms. The van der Waals surface area contributed by atoms with E-state index >= 15 is 0 Å². The fraction of sp³-hybridized carbons (Fsp3) is 0.312. The van der Waals surface area contributed by atoms with Gasteiger partial charge in [-0.2, -0.15) is 0 Å². The van der Waals surface area contributed by atoms with Crippen LogP contribution in [0.25, 0.3) is 0 Å². The lowest BCUT2D eigenvalue weighted by Gasteiger charge is -2.23. The van der Waals surface area contributed by atoms with Gasteiger partial charge in [-0.15, -0.1) is 0 Å². The molecular formula is C16H20ClN3. The lowest BCUT2D eigenvalue weighted by Crippen LogP contribution is -2.22.